The fourth-order valence-corrected chi connectivity index (χ4v) is 3.04. The molecule has 2 rings (SSSR count). The van der Waals surface area contributed by atoms with Gasteiger partial charge in [0.05, 0.1) is 4.47 Å². The Bertz CT molecular complexity index is 781. The van der Waals surface area contributed by atoms with Crippen molar-refractivity contribution < 1.29 is 19.1 Å². The van der Waals surface area contributed by atoms with Gasteiger partial charge in [-0.2, -0.15) is 0 Å². The van der Waals surface area contributed by atoms with Crippen LogP contribution in [0.1, 0.15) is 12.5 Å². The Morgan fingerprint density at radius 1 is 1.08 bits per heavy atom. The number of halogens is 2. The van der Waals surface area contributed by atoms with E-state index in [1.54, 1.807) is 37.3 Å². The minimum atomic E-state index is -0.764. The number of amides is 2. The maximum absolute atomic E-state index is 12.0. The summed E-state index contributed by atoms with van der Waals surface area (Å²) < 4.78 is 12.5. The fourth-order valence-electron chi connectivity index (χ4n) is 1.88. The Hall–Kier alpha value is -2.06. The van der Waals surface area contributed by atoms with Crippen molar-refractivity contribution >= 4 is 43.7 Å². The zero-order chi connectivity index (χ0) is 19.1. The summed E-state index contributed by atoms with van der Waals surface area (Å²) in [6.45, 7) is 3.31. The summed E-state index contributed by atoms with van der Waals surface area (Å²) in [5.41, 5.74) is 5.70. The van der Waals surface area contributed by atoms with E-state index in [9.17, 15) is 9.59 Å². The van der Waals surface area contributed by atoms with E-state index < -0.39 is 17.9 Å². The van der Waals surface area contributed by atoms with Gasteiger partial charge in [0.2, 0.25) is 0 Å². The van der Waals surface area contributed by atoms with E-state index in [0.717, 1.165) is 10.0 Å². The smallest absolute Gasteiger partial charge is 0.279 e. The van der Waals surface area contributed by atoms with E-state index >= 15 is 0 Å². The molecule has 0 fully saturated rings. The van der Waals surface area contributed by atoms with E-state index in [-0.39, 0.29) is 6.61 Å². The molecule has 8 heteroatoms. The third kappa shape index (κ3) is 6.34. The number of benzene rings is 2. The maximum atomic E-state index is 12.0. The first-order chi connectivity index (χ1) is 12.3. The number of hydrogen-bond donors (Lipinski definition) is 2. The third-order valence-electron chi connectivity index (χ3n) is 3.28. The van der Waals surface area contributed by atoms with Crippen LogP contribution in [0.5, 0.6) is 11.5 Å². The zero-order valence-corrected chi connectivity index (χ0v) is 17.4. The van der Waals surface area contributed by atoms with Gasteiger partial charge >= 0.3 is 0 Å². The second kappa shape index (κ2) is 9.59. The van der Waals surface area contributed by atoms with Crippen LogP contribution in [0.4, 0.5) is 0 Å². The number of nitrogens with one attached hydrogen (secondary N) is 2. The maximum Gasteiger partial charge on any atom is 0.279 e. The molecule has 0 aromatic heterocycles. The van der Waals surface area contributed by atoms with Gasteiger partial charge in [-0.15, -0.1) is 0 Å². The third-order valence-corrected chi connectivity index (χ3v) is 4.39. The molecule has 6 nitrogen and oxygen atoms in total. The molecule has 26 heavy (non-hydrogen) atoms. The van der Waals surface area contributed by atoms with Gasteiger partial charge in [-0.25, -0.2) is 0 Å². The van der Waals surface area contributed by atoms with Crippen LogP contribution < -0.4 is 20.3 Å². The molecule has 0 saturated heterocycles. The first kappa shape index (κ1) is 20.3. The summed E-state index contributed by atoms with van der Waals surface area (Å²) in [7, 11) is 0. The van der Waals surface area contributed by atoms with Crippen molar-refractivity contribution in [3.05, 3.63) is 57.0 Å². The van der Waals surface area contributed by atoms with Crippen LogP contribution in [0.2, 0.25) is 0 Å². The minimum absolute atomic E-state index is 0.242. The van der Waals surface area contributed by atoms with Crippen molar-refractivity contribution in [2.75, 3.05) is 6.61 Å². The molecule has 2 N–H and O–H groups in total. The molecule has 1 unspecified atom stereocenters. The molecular weight excluding hydrogens is 468 g/mol. The first-order valence-electron chi connectivity index (χ1n) is 7.75. The number of hydrogen-bond acceptors (Lipinski definition) is 4. The van der Waals surface area contributed by atoms with E-state index in [4.69, 9.17) is 9.47 Å². The predicted molar refractivity (Wildman–Crippen MR) is 105 cm³/mol. The summed E-state index contributed by atoms with van der Waals surface area (Å²) in [5.74, 6) is 0.137. The lowest BCUT2D eigenvalue weighted by atomic mass is 10.2. The van der Waals surface area contributed by atoms with Crippen LogP contribution in [-0.4, -0.2) is 24.5 Å². The number of carbonyl (C=O) groups is 2. The number of aryl methyl sites for hydroxylation is 1. The monoisotopic (exact) mass is 484 g/mol. The van der Waals surface area contributed by atoms with Crippen molar-refractivity contribution in [3.63, 3.8) is 0 Å². The minimum Gasteiger partial charge on any atom is -0.483 e. The molecule has 0 bridgehead atoms. The zero-order valence-electron chi connectivity index (χ0n) is 14.2. The number of hydrazine groups is 1. The van der Waals surface area contributed by atoms with Crippen LogP contribution in [0, 0.1) is 6.92 Å². The second-order valence-electron chi connectivity index (χ2n) is 5.47. The average Bonchev–Trinajstić information content (AvgIpc) is 2.60. The van der Waals surface area contributed by atoms with Crippen LogP contribution in [0.15, 0.2) is 51.4 Å². The highest BCUT2D eigenvalue weighted by Gasteiger charge is 2.15. The SMILES string of the molecule is Cc1ccc(OC(C)C(=O)NNC(=O)COc2ccc(Br)cc2Br)cc1. The van der Waals surface area contributed by atoms with Gasteiger partial charge in [-0.1, -0.05) is 33.6 Å². The molecule has 2 aromatic carbocycles. The Balaban J connectivity index is 1.75. The van der Waals surface area contributed by atoms with Gasteiger partial charge in [-0.05, 0) is 60.1 Å². The number of carbonyl (C=O) groups excluding carboxylic acids is 2. The standard InChI is InChI=1S/C18H18Br2N2O4/c1-11-3-6-14(7-4-11)26-12(2)18(24)22-21-17(23)10-25-16-8-5-13(19)9-15(16)20/h3-9,12H,10H2,1-2H3,(H,21,23)(H,22,24). The molecule has 0 aliphatic heterocycles. The van der Waals surface area contributed by atoms with Gasteiger partial charge < -0.3 is 9.47 Å². The van der Waals surface area contributed by atoms with Crippen molar-refractivity contribution in [2.45, 2.75) is 20.0 Å². The van der Waals surface area contributed by atoms with E-state index in [0.29, 0.717) is 16.0 Å². The largest absolute Gasteiger partial charge is 0.483 e. The normalized spacial score (nSPS) is 11.4. The fraction of sp³-hybridized carbons (Fsp3) is 0.222. The summed E-state index contributed by atoms with van der Waals surface area (Å²) in [5, 5.41) is 0. The molecule has 0 radical (unpaired) electrons. The summed E-state index contributed by atoms with van der Waals surface area (Å²) >= 11 is 6.67. The van der Waals surface area contributed by atoms with Crippen LogP contribution in [0.3, 0.4) is 0 Å². The molecule has 0 spiro atoms. The highest BCUT2D eigenvalue weighted by molar-refractivity contribution is 9.11. The van der Waals surface area contributed by atoms with E-state index in [1.165, 1.54) is 0 Å². The van der Waals surface area contributed by atoms with E-state index in [1.807, 2.05) is 19.1 Å². The Kier molecular flexibility index (Phi) is 7.47. The van der Waals surface area contributed by atoms with Gasteiger partial charge in [0.1, 0.15) is 11.5 Å². The van der Waals surface area contributed by atoms with Crippen molar-refractivity contribution in [3.8, 4) is 11.5 Å². The molecule has 0 heterocycles. The van der Waals surface area contributed by atoms with Crippen LogP contribution in [-0.2, 0) is 9.59 Å². The molecule has 2 amide bonds. The number of rotatable bonds is 6. The lowest BCUT2D eigenvalue weighted by molar-refractivity contribution is -0.133. The topological polar surface area (TPSA) is 76.7 Å². The van der Waals surface area contributed by atoms with Crippen molar-refractivity contribution in [2.24, 2.45) is 0 Å². The molecule has 0 aliphatic carbocycles. The van der Waals surface area contributed by atoms with Crippen molar-refractivity contribution in [1.29, 1.82) is 0 Å². The Morgan fingerprint density at radius 3 is 2.42 bits per heavy atom. The summed E-state index contributed by atoms with van der Waals surface area (Å²) in [6, 6.07) is 12.7. The highest BCUT2D eigenvalue weighted by Crippen LogP contribution is 2.28. The van der Waals surface area contributed by atoms with Gasteiger partial charge in [0.15, 0.2) is 12.7 Å². The van der Waals surface area contributed by atoms with Gasteiger partial charge in [-0.3, -0.25) is 20.4 Å². The average molecular weight is 486 g/mol. The van der Waals surface area contributed by atoms with Crippen LogP contribution in [0.25, 0.3) is 0 Å². The quantitative estimate of drug-likeness (QED) is 0.614. The first-order valence-corrected chi connectivity index (χ1v) is 9.33. The Labute approximate surface area is 168 Å². The second-order valence-corrected chi connectivity index (χ2v) is 7.24. The summed E-state index contributed by atoms with van der Waals surface area (Å²) in [6.07, 6.45) is -0.764. The lowest BCUT2D eigenvalue weighted by Gasteiger charge is -2.15. The van der Waals surface area contributed by atoms with Gasteiger partial charge in [0, 0.05) is 4.47 Å². The van der Waals surface area contributed by atoms with Gasteiger partial charge in [0.25, 0.3) is 11.8 Å². The van der Waals surface area contributed by atoms with Crippen molar-refractivity contribution in [1.82, 2.24) is 10.9 Å². The predicted octanol–water partition coefficient (Wildman–Crippen LogP) is 3.51. The summed E-state index contributed by atoms with van der Waals surface area (Å²) in [4.78, 5) is 23.8. The van der Waals surface area contributed by atoms with E-state index in [2.05, 4.69) is 42.7 Å². The molecular formula is C18H18Br2N2O4. The molecule has 0 saturated carbocycles. The lowest BCUT2D eigenvalue weighted by Crippen LogP contribution is -2.48. The number of ether oxygens (including phenoxy) is 2. The Morgan fingerprint density at radius 2 is 1.77 bits per heavy atom. The molecule has 2 aromatic rings. The van der Waals surface area contributed by atoms with Crippen LogP contribution >= 0.6 is 31.9 Å². The highest BCUT2D eigenvalue weighted by atomic mass is 79.9. The molecule has 1 atom stereocenters. The molecule has 0 aliphatic rings. The molecule has 138 valence electrons.